The third-order valence-electron chi connectivity index (χ3n) is 6.52. The lowest BCUT2D eigenvalue weighted by Gasteiger charge is -2.28. The molecule has 1 saturated heterocycles. The Hall–Kier alpha value is -3.76. The van der Waals surface area contributed by atoms with Crippen LogP contribution in [0.5, 0.6) is 0 Å². The molecule has 34 heavy (non-hydrogen) atoms. The van der Waals surface area contributed by atoms with Crippen LogP contribution in [0.3, 0.4) is 0 Å². The number of carbonyl (C=O) groups excluding carboxylic acids is 1. The highest BCUT2D eigenvalue weighted by Gasteiger charge is 2.39. The zero-order valence-corrected chi connectivity index (χ0v) is 19.2. The summed E-state index contributed by atoms with van der Waals surface area (Å²) in [5, 5.41) is 12.5. The summed E-state index contributed by atoms with van der Waals surface area (Å²) in [6.45, 7) is 5.42. The molecule has 0 bridgehead atoms. The van der Waals surface area contributed by atoms with Gasteiger partial charge in [-0.25, -0.2) is 9.97 Å². The molecule has 2 aliphatic rings. The van der Waals surface area contributed by atoms with Crippen molar-refractivity contribution in [2.45, 2.75) is 19.8 Å². The number of rotatable bonds is 6. The van der Waals surface area contributed by atoms with Gasteiger partial charge in [0.2, 0.25) is 5.91 Å². The monoisotopic (exact) mass is 453 g/mol. The fourth-order valence-corrected chi connectivity index (χ4v) is 4.29. The highest BCUT2D eigenvalue weighted by atomic mass is 16.5. The van der Waals surface area contributed by atoms with Crippen molar-refractivity contribution in [3.05, 3.63) is 71.7 Å². The molecule has 1 aromatic heterocycles. The van der Waals surface area contributed by atoms with Crippen LogP contribution in [0.15, 0.2) is 54.7 Å². The van der Waals surface area contributed by atoms with Crippen LogP contribution in [0.25, 0.3) is 11.3 Å². The highest BCUT2D eigenvalue weighted by Crippen LogP contribution is 2.38. The third kappa shape index (κ3) is 4.92. The van der Waals surface area contributed by atoms with Crippen molar-refractivity contribution < 1.29 is 9.53 Å². The number of hydrogen-bond acceptors (Lipinski definition) is 6. The van der Waals surface area contributed by atoms with E-state index < -0.39 is 0 Å². The molecule has 1 amide bonds. The quantitative estimate of drug-likeness (QED) is 0.606. The van der Waals surface area contributed by atoms with Gasteiger partial charge in [-0.1, -0.05) is 25.1 Å². The molecule has 0 radical (unpaired) electrons. The van der Waals surface area contributed by atoms with Gasteiger partial charge in [-0.15, -0.1) is 0 Å². The second-order valence-corrected chi connectivity index (χ2v) is 8.98. The van der Waals surface area contributed by atoms with Gasteiger partial charge in [0.1, 0.15) is 11.9 Å². The van der Waals surface area contributed by atoms with Gasteiger partial charge in [0, 0.05) is 42.9 Å². The average molecular weight is 454 g/mol. The van der Waals surface area contributed by atoms with E-state index in [9.17, 15) is 10.1 Å². The molecule has 1 aliphatic heterocycles. The van der Waals surface area contributed by atoms with Crippen molar-refractivity contribution >= 4 is 17.3 Å². The Bertz CT molecular complexity index is 1230. The SMILES string of the molecule is CC1CC1C(=O)Nc1ccc(-c2ccnc(Cc3ccc(N4CCOCC4)cc3)n2)cc1C#N. The van der Waals surface area contributed by atoms with E-state index in [0.717, 1.165) is 55.4 Å². The maximum Gasteiger partial charge on any atom is 0.227 e. The third-order valence-corrected chi connectivity index (χ3v) is 6.52. The zero-order chi connectivity index (χ0) is 23.5. The maximum atomic E-state index is 12.3. The molecular formula is C27H27N5O2. The number of aromatic nitrogens is 2. The fraction of sp³-hybridized carbons (Fsp3) is 0.333. The van der Waals surface area contributed by atoms with Crippen molar-refractivity contribution in [1.29, 1.82) is 5.26 Å². The minimum Gasteiger partial charge on any atom is -0.378 e. The second-order valence-electron chi connectivity index (χ2n) is 8.98. The molecule has 2 aromatic carbocycles. The molecule has 5 rings (SSSR count). The first-order valence-electron chi connectivity index (χ1n) is 11.7. The van der Waals surface area contributed by atoms with Gasteiger partial charge < -0.3 is 15.0 Å². The van der Waals surface area contributed by atoms with E-state index in [1.807, 2.05) is 12.1 Å². The Morgan fingerprint density at radius 2 is 1.94 bits per heavy atom. The van der Waals surface area contributed by atoms with E-state index in [2.05, 4.69) is 52.5 Å². The average Bonchev–Trinajstić information content (AvgIpc) is 3.62. The Kier molecular flexibility index (Phi) is 6.24. The van der Waals surface area contributed by atoms with Crippen LogP contribution >= 0.6 is 0 Å². The minimum atomic E-state index is -0.0132. The molecular weight excluding hydrogens is 426 g/mol. The molecule has 1 N–H and O–H groups in total. The number of hydrogen-bond donors (Lipinski definition) is 1. The Labute approximate surface area is 199 Å². The summed E-state index contributed by atoms with van der Waals surface area (Å²) >= 11 is 0. The minimum absolute atomic E-state index is 0.0132. The summed E-state index contributed by atoms with van der Waals surface area (Å²) in [5.41, 5.74) is 4.89. The first-order valence-corrected chi connectivity index (χ1v) is 11.7. The van der Waals surface area contributed by atoms with Crippen LogP contribution < -0.4 is 10.2 Å². The smallest absolute Gasteiger partial charge is 0.227 e. The number of carbonyl (C=O) groups is 1. The number of anilines is 2. The number of morpholine rings is 1. The molecule has 2 unspecified atom stereocenters. The lowest BCUT2D eigenvalue weighted by Crippen LogP contribution is -2.36. The number of nitriles is 1. The number of benzene rings is 2. The molecule has 2 atom stereocenters. The number of ether oxygens (including phenoxy) is 1. The van der Waals surface area contributed by atoms with Gasteiger partial charge in [0.05, 0.1) is 30.2 Å². The summed E-state index contributed by atoms with van der Waals surface area (Å²) in [4.78, 5) is 23.8. The maximum absolute atomic E-state index is 12.3. The molecule has 172 valence electrons. The predicted octanol–water partition coefficient (Wildman–Crippen LogP) is 4.04. The topological polar surface area (TPSA) is 91.1 Å². The zero-order valence-electron chi connectivity index (χ0n) is 19.2. The molecule has 3 aromatic rings. The van der Waals surface area contributed by atoms with E-state index in [4.69, 9.17) is 9.72 Å². The van der Waals surface area contributed by atoms with E-state index >= 15 is 0 Å². The largest absolute Gasteiger partial charge is 0.378 e. The van der Waals surface area contributed by atoms with Gasteiger partial charge in [0.25, 0.3) is 0 Å². The predicted molar refractivity (Wildman–Crippen MR) is 130 cm³/mol. The van der Waals surface area contributed by atoms with Crippen LogP contribution in [-0.4, -0.2) is 42.2 Å². The molecule has 2 heterocycles. The van der Waals surface area contributed by atoms with Gasteiger partial charge in [0.15, 0.2) is 0 Å². The number of amides is 1. The summed E-state index contributed by atoms with van der Waals surface area (Å²) in [6.07, 6.45) is 3.28. The standard InChI is InChI=1S/C27H27N5O2/c1-18-14-23(18)27(33)31-24-7-4-20(16-21(24)17-28)25-8-9-29-26(30-25)15-19-2-5-22(6-3-19)32-10-12-34-13-11-32/h2-9,16,18,23H,10-15H2,1H3,(H,31,33). The Morgan fingerprint density at radius 3 is 2.65 bits per heavy atom. The van der Waals surface area contributed by atoms with Crippen LogP contribution in [0.2, 0.25) is 0 Å². The number of nitrogens with zero attached hydrogens (tertiary/aromatic N) is 4. The van der Waals surface area contributed by atoms with Crippen LogP contribution in [0, 0.1) is 23.2 Å². The molecule has 1 saturated carbocycles. The van der Waals surface area contributed by atoms with Crippen molar-refractivity contribution in [1.82, 2.24) is 9.97 Å². The lowest BCUT2D eigenvalue weighted by atomic mass is 10.1. The second kappa shape index (κ2) is 9.62. The van der Waals surface area contributed by atoms with Crippen molar-refractivity contribution in [2.24, 2.45) is 11.8 Å². The highest BCUT2D eigenvalue weighted by molar-refractivity contribution is 5.95. The summed E-state index contributed by atoms with van der Waals surface area (Å²) in [7, 11) is 0. The fourth-order valence-electron chi connectivity index (χ4n) is 4.29. The van der Waals surface area contributed by atoms with Crippen LogP contribution in [-0.2, 0) is 16.0 Å². The van der Waals surface area contributed by atoms with Crippen LogP contribution in [0.4, 0.5) is 11.4 Å². The van der Waals surface area contributed by atoms with Gasteiger partial charge in [-0.05, 0) is 48.2 Å². The van der Waals surface area contributed by atoms with Gasteiger partial charge >= 0.3 is 0 Å². The normalized spacial score (nSPS) is 19.4. The summed E-state index contributed by atoms with van der Waals surface area (Å²) < 4.78 is 5.43. The first-order chi connectivity index (χ1) is 16.6. The Morgan fingerprint density at radius 1 is 1.18 bits per heavy atom. The molecule has 7 heteroatoms. The molecule has 0 spiro atoms. The van der Waals surface area contributed by atoms with Crippen molar-refractivity contribution in [2.75, 3.05) is 36.5 Å². The van der Waals surface area contributed by atoms with Crippen molar-refractivity contribution in [3.63, 3.8) is 0 Å². The molecule has 7 nitrogen and oxygen atoms in total. The summed E-state index contributed by atoms with van der Waals surface area (Å²) in [6, 6.07) is 18.0. The first kappa shape index (κ1) is 22.1. The van der Waals surface area contributed by atoms with E-state index in [1.165, 1.54) is 5.69 Å². The molecule has 2 fully saturated rings. The van der Waals surface area contributed by atoms with Crippen molar-refractivity contribution in [3.8, 4) is 17.3 Å². The Balaban J connectivity index is 1.30. The van der Waals surface area contributed by atoms with Gasteiger partial charge in [-0.2, -0.15) is 5.26 Å². The molecule has 1 aliphatic carbocycles. The van der Waals surface area contributed by atoms with E-state index in [0.29, 0.717) is 23.6 Å². The van der Waals surface area contributed by atoms with Gasteiger partial charge in [-0.3, -0.25) is 4.79 Å². The summed E-state index contributed by atoms with van der Waals surface area (Å²) in [5.74, 6) is 1.18. The number of nitrogens with one attached hydrogen (secondary N) is 1. The lowest BCUT2D eigenvalue weighted by molar-refractivity contribution is -0.117. The van der Waals surface area contributed by atoms with Crippen LogP contribution in [0.1, 0.15) is 30.3 Å². The van der Waals surface area contributed by atoms with E-state index in [1.54, 1.807) is 18.3 Å². The van der Waals surface area contributed by atoms with E-state index in [-0.39, 0.29) is 11.8 Å².